The molecule has 0 bridgehead atoms. The zero-order chi connectivity index (χ0) is 13.3. The van der Waals surface area contributed by atoms with Crippen LogP contribution in [0.2, 0.25) is 0 Å². The van der Waals surface area contributed by atoms with Gasteiger partial charge in [0.15, 0.2) is 5.82 Å². The molecular formula is C13H20N4O. The normalized spacial score (nSPS) is 10.9. The third kappa shape index (κ3) is 1.89. The summed E-state index contributed by atoms with van der Waals surface area (Å²) in [5.41, 5.74) is 2.20. The third-order valence-corrected chi connectivity index (χ3v) is 3.19. The topological polar surface area (TPSA) is 55.9 Å². The van der Waals surface area contributed by atoms with Gasteiger partial charge in [-0.2, -0.15) is 0 Å². The summed E-state index contributed by atoms with van der Waals surface area (Å²) in [5, 5.41) is 11.7. The number of aromatic nitrogens is 3. The lowest BCUT2D eigenvalue weighted by atomic mass is 10.1. The molecule has 5 heteroatoms. The van der Waals surface area contributed by atoms with Gasteiger partial charge in [0.25, 0.3) is 0 Å². The minimum absolute atomic E-state index is 0.813. The van der Waals surface area contributed by atoms with Gasteiger partial charge in [-0.1, -0.05) is 0 Å². The second-order valence-corrected chi connectivity index (χ2v) is 4.34. The van der Waals surface area contributed by atoms with Crippen LogP contribution >= 0.6 is 0 Å². The van der Waals surface area contributed by atoms with E-state index < -0.39 is 0 Å². The molecule has 0 spiro atoms. The van der Waals surface area contributed by atoms with E-state index >= 15 is 0 Å². The maximum Gasteiger partial charge on any atom is 0.224 e. The number of nitrogens with zero attached hydrogens (tertiary/aromatic N) is 3. The maximum atomic E-state index is 5.67. The third-order valence-electron chi connectivity index (χ3n) is 3.19. The molecule has 0 radical (unpaired) electrons. The Kier molecular flexibility index (Phi) is 3.41. The first-order valence-corrected chi connectivity index (χ1v) is 6.34. The van der Waals surface area contributed by atoms with Gasteiger partial charge in [-0.25, -0.2) is 0 Å². The van der Waals surface area contributed by atoms with Crippen LogP contribution in [0, 0.1) is 20.8 Å². The lowest BCUT2D eigenvalue weighted by Crippen LogP contribution is -2.07. The van der Waals surface area contributed by atoms with E-state index in [4.69, 9.17) is 4.42 Å². The number of rotatable bonds is 4. The number of furan rings is 1. The van der Waals surface area contributed by atoms with E-state index in [-0.39, 0.29) is 0 Å². The van der Waals surface area contributed by atoms with Crippen LogP contribution in [0.5, 0.6) is 0 Å². The number of hydrogen-bond acceptors (Lipinski definition) is 4. The predicted octanol–water partition coefficient (Wildman–Crippen LogP) is 2.92. The highest BCUT2D eigenvalue weighted by molar-refractivity contribution is 5.65. The Balaban J connectivity index is 2.57. The van der Waals surface area contributed by atoms with Crippen LogP contribution in [0.4, 0.5) is 5.95 Å². The highest BCUT2D eigenvalue weighted by Gasteiger charge is 2.20. The Hall–Kier alpha value is -1.78. The summed E-state index contributed by atoms with van der Waals surface area (Å²) in [6.45, 7) is 11.8. The smallest absolute Gasteiger partial charge is 0.224 e. The molecule has 0 unspecified atom stereocenters. The zero-order valence-corrected chi connectivity index (χ0v) is 11.7. The summed E-state index contributed by atoms with van der Waals surface area (Å²) in [6, 6.07) is 0. The zero-order valence-electron chi connectivity index (χ0n) is 11.7. The monoisotopic (exact) mass is 248 g/mol. The molecular weight excluding hydrogens is 228 g/mol. The second-order valence-electron chi connectivity index (χ2n) is 4.34. The molecule has 5 nitrogen and oxygen atoms in total. The molecule has 0 aliphatic carbocycles. The van der Waals surface area contributed by atoms with E-state index in [1.807, 2.05) is 20.8 Å². The molecule has 18 heavy (non-hydrogen) atoms. The summed E-state index contributed by atoms with van der Waals surface area (Å²) >= 11 is 0. The Bertz CT molecular complexity index is 554. The van der Waals surface area contributed by atoms with Crippen LogP contribution in [0.3, 0.4) is 0 Å². The quantitative estimate of drug-likeness (QED) is 0.903. The van der Waals surface area contributed by atoms with Crippen molar-refractivity contribution >= 4 is 5.95 Å². The van der Waals surface area contributed by atoms with Gasteiger partial charge in [-0.15, -0.1) is 10.2 Å². The van der Waals surface area contributed by atoms with Gasteiger partial charge in [0.05, 0.1) is 5.56 Å². The summed E-state index contributed by atoms with van der Waals surface area (Å²) < 4.78 is 7.74. The lowest BCUT2D eigenvalue weighted by molar-refractivity contribution is 0.503. The molecule has 2 aromatic rings. The highest BCUT2D eigenvalue weighted by Crippen LogP contribution is 2.31. The van der Waals surface area contributed by atoms with Crippen molar-refractivity contribution < 1.29 is 4.42 Å². The molecule has 0 saturated carbocycles. The standard InChI is InChI=1S/C13H20N4O/c1-6-14-13-16-15-12(17(13)7-2)11-8(3)9(4)18-10(11)5/h6-7H2,1-5H3,(H,14,16). The molecule has 0 amide bonds. The van der Waals surface area contributed by atoms with E-state index in [1.54, 1.807) is 0 Å². The van der Waals surface area contributed by atoms with Crippen molar-refractivity contribution in [3.8, 4) is 11.4 Å². The number of aryl methyl sites for hydroxylation is 2. The Labute approximate surface area is 107 Å². The molecule has 2 rings (SSSR count). The molecule has 0 aliphatic rings. The Morgan fingerprint density at radius 3 is 2.33 bits per heavy atom. The summed E-state index contributed by atoms with van der Waals surface area (Å²) in [5.74, 6) is 3.53. The highest BCUT2D eigenvalue weighted by atomic mass is 16.3. The molecule has 2 aromatic heterocycles. The number of hydrogen-bond donors (Lipinski definition) is 1. The van der Waals surface area contributed by atoms with Crippen LogP contribution in [0.15, 0.2) is 4.42 Å². The van der Waals surface area contributed by atoms with Crippen LogP contribution < -0.4 is 5.32 Å². The fourth-order valence-corrected chi connectivity index (χ4v) is 2.20. The average Bonchev–Trinajstić information content (AvgIpc) is 2.82. The van der Waals surface area contributed by atoms with E-state index in [9.17, 15) is 0 Å². The molecule has 2 heterocycles. The van der Waals surface area contributed by atoms with Crippen LogP contribution in [-0.2, 0) is 6.54 Å². The van der Waals surface area contributed by atoms with Gasteiger partial charge in [-0.3, -0.25) is 4.57 Å². The summed E-state index contributed by atoms with van der Waals surface area (Å²) in [7, 11) is 0. The van der Waals surface area contributed by atoms with E-state index in [2.05, 4.69) is 33.9 Å². The van der Waals surface area contributed by atoms with Crippen LogP contribution in [0.1, 0.15) is 30.9 Å². The van der Waals surface area contributed by atoms with Crippen LogP contribution in [0.25, 0.3) is 11.4 Å². The second kappa shape index (κ2) is 4.84. The first kappa shape index (κ1) is 12.7. The molecule has 0 aromatic carbocycles. The summed E-state index contributed by atoms with van der Waals surface area (Å²) in [4.78, 5) is 0. The van der Waals surface area contributed by atoms with Gasteiger partial charge >= 0.3 is 0 Å². The molecule has 0 aliphatic heterocycles. The van der Waals surface area contributed by atoms with Gasteiger partial charge in [0.2, 0.25) is 5.95 Å². The van der Waals surface area contributed by atoms with Gasteiger partial charge in [0.1, 0.15) is 11.5 Å². The SMILES string of the molecule is CCNc1nnc(-c2c(C)oc(C)c2C)n1CC. The summed E-state index contributed by atoms with van der Waals surface area (Å²) in [6.07, 6.45) is 0. The van der Waals surface area contributed by atoms with E-state index in [0.717, 1.165) is 47.5 Å². The van der Waals surface area contributed by atoms with E-state index in [1.165, 1.54) is 0 Å². The first-order valence-electron chi connectivity index (χ1n) is 6.34. The van der Waals surface area contributed by atoms with Crippen molar-refractivity contribution in [1.82, 2.24) is 14.8 Å². The van der Waals surface area contributed by atoms with Gasteiger partial charge in [0, 0.05) is 18.7 Å². The van der Waals surface area contributed by atoms with E-state index in [0.29, 0.717) is 0 Å². The Morgan fingerprint density at radius 2 is 1.83 bits per heavy atom. The molecule has 0 atom stereocenters. The average molecular weight is 248 g/mol. The Morgan fingerprint density at radius 1 is 1.11 bits per heavy atom. The molecule has 0 fully saturated rings. The van der Waals surface area contributed by atoms with Crippen molar-refractivity contribution in [2.24, 2.45) is 0 Å². The predicted molar refractivity (Wildman–Crippen MR) is 71.8 cm³/mol. The van der Waals surface area contributed by atoms with Gasteiger partial charge < -0.3 is 9.73 Å². The van der Waals surface area contributed by atoms with Crippen molar-refractivity contribution in [3.05, 3.63) is 17.1 Å². The minimum atomic E-state index is 0.813. The van der Waals surface area contributed by atoms with Crippen molar-refractivity contribution in [1.29, 1.82) is 0 Å². The van der Waals surface area contributed by atoms with Crippen molar-refractivity contribution in [3.63, 3.8) is 0 Å². The van der Waals surface area contributed by atoms with Crippen molar-refractivity contribution in [2.45, 2.75) is 41.2 Å². The maximum absolute atomic E-state index is 5.67. The number of nitrogens with one attached hydrogen (secondary N) is 1. The van der Waals surface area contributed by atoms with Crippen molar-refractivity contribution in [2.75, 3.05) is 11.9 Å². The first-order chi connectivity index (χ1) is 8.60. The fraction of sp³-hybridized carbons (Fsp3) is 0.538. The molecule has 98 valence electrons. The minimum Gasteiger partial charge on any atom is -0.466 e. The molecule has 0 saturated heterocycles. The lowest BCUT2D eigenvalue weighted by Gasteiger charge is -2.07. The van der Waals surface area contributed by atoms with Crippen LogP contribution in [-0.4, -0.2) is 21.3 Å². The van der Waals surface area contributed by atoms with Gasteiger partial charge in [-0.05, 0) is 34.6 Å². The molecule has 1 N–H and O–H groups in total. The number of anilines is 1. The fourth-order valence-electron chi connectivity index (χ4n) is 2.20. The largest absolute Gasteiger partial charge is 0.466 e.